The van der Waals surface area contributed by atoms with Gasteiger partial charge in [-0.3, -0.25) is 9.59 Å². The van der Waals surface area contributed by atoms with Gasteiger partial charge < -0.3 is 5.11 Å². The minimum Gasteiger partial charge on any atom is -0.481 e. The summed E-state index contributed by atoms with van der Waals surface area (Å²) in [6.45, 7) is 0. The number of carbonyl (C=O) groups is 2. The summed E-state index contributed by atoms with van der Waals surface area (Å²) in [5, 5.41) is 8.65. The van der Waals surface area contributed by atoms with E-state index in [4.69, 9.17) is 5.11 Å². The van der Waals surface area contributed by atoms with E-state index in [0.717, 1.165) is 6.42 Å². The van der Waals surface area contributed by atoms with Gasteiger partial charge in [-0.2, -0.15) is 0 Å². The van der Waals surface area contributed by atoms with Crippen LogP contribution in [-0.2, 0) is 9.59 Å². The molecule has 0 aromatic heterocycles. The van der Waals surface area contributed by atoms with E-state index in [0.29, 0.717) is 0 Å². The van der Waals surface area contributed by atoms with E-state index >= 15 is 0 Å². The Balaban J connectivity index is 2.30. The first-order valence-electron chi connectivity index (χ1n) is 4.25. The third kappa shape index (κ3) is 1.20. The van der Waals surface area contributed by atoms with E-state index in [9.17, 15) is 9.59 Å². The van der Waals surface area contributed by atoms with Crippen LogP contribution in [0, 0.1) is 23.7 Å². The molecule has 2 bridgehead atoms. The standard InChI is InChI=1S/C9H10O3S/c10-8(11)6-4-1-2-5(3-4)7(6)9(12)13/h1-2,4-7H,3H2,(H,10,11)(H,12,13)/t4-,5-,6-,7+/m0/s1. The number of hydrogen-bond donors (Lipinski definition) is 2. The Kier molecular flexibility index (Phi) is 1.95. The highest BCUT2D eigenvalue weighted by Crippen LogP contribution is 2.48. The van der Waals surface area contributed by atoms with Crippen LogP contribution in [0.2, 0.25) is 0 Å². The molecule has 4 heteroatoms. The van der Waals surface area contributed by atoms with Crippen molar-refractivity contribution in [2.75, 3.05) is 0 Å². The van der Waals surface area contributed by atoms with Gasteiger partial charge in [-0.05, 0) is 18.3 Å². The van der Waals surface area contributed by atoms with Crippen molar-refractivity contribution in [1.29, 1.82) is 0 Å². The molecular weight excluding hydrogens is 188 g/mol. The molecule has 1 fully saturated rings. The zero-order chi connectivity index (χ0) is 9.59. The van der Waals surface area contributed by atoms with E-state index in [1.807, 2.05) is 12.2 Å². The first kappa shape index (κ1) is 8.81. The van der Waals surface area contributed by atoms with Gasteiger partial charge in [0.1, 0.15) is 0 Å². The van der Waals surface area contributed by atoms with Gasteiger partial charge in [0, 0.05) is 5.92 Å². The van der Waals surface area contributed by atoms with Crippen LogP contribution in [0.15, 0.2) is 12.2 Å². The fourth-order valence-corrected chi connectivity index (χ4v) is 2.85. The summed E-state index contributed by atoms with van der Waals surface area (Å²) < 4.78 is 0. The summed E-state index contributed by atoms with van der Waals surface area (Å²) in [5.41, 5.74) is 0. The first-order valence-corrected chi connectivity index (χ1v) is 4.70. The fraction of sp³-hybridized carbons (Fsp3) is 0.556. The van der Waals surface area contributed by atoms with Crippen LogP contribution in [-0.4, -0.2) is 16.2 Å². The average molecular weight is 198 g/mol. The van der Waals surface area contributed by atoms with E-state index in [-0.39, 0.29) is 17.0 Å². The van der Waals surface area contributed by atoms with Crippen LogP contribution in [0.1, 0.15) is 6.42 Å². The van der Waals surface area contributed by atoms with E-state index in [1.165, 1.54) is 0 Å². The molecule has 1 N–H and O–H groups in total. The lowest BCUT2D eigenvalue weighted by Crippen LogP contribution is -2.30. The molecule has 13 heavy (non-hydrogen) atoms. The predicted octanol–water partition coefficient (Wildman–Crippen LogP) is 0.966. The number of carboxylic acid groups (broad SMARTS) is 1. The predicted molar refractivity (Wildman–Crippen MR) is 49.3 cm³/mol. The van der Waals surface area contributed by atoms with Gasteiger partial charge in [-0.25, -0.2) is 0 Å². The molecule has 2 aliphatic rings. The molecule has 0 aromatic rings. The number of carbonyl (C=O) groups excluding carboxylic acids is 1. The van der Waals surface area contributed by atoms with Crippen LogP contribution in [0.4, 0.5) is 0 Å². The highest BCUT2D eigenvalue weighted by molar-refractivity contribution is 7.96. The quantitative estimate of drug-likeness (QED) is 0.513. The second-order valence-electron chi connectivity index (χ2n) is 3.68. The van der Waals surface area contributed by atoms with Gasteiger partial charge in [0.2, 0.25) is 0 Å². The van der Waals surface area contributed by atoms with Gasteiger partial charge in [0.05, 0.1) is 5.92 Å². The van der Waals surface area contributed by atoms with Gasteiger partial charge in [0.25, 0.3) is 0 Å². The van der Waals surface area contributed by atoms with Crippen molar-refractivity contribution in [2.24, 2.45) is 23.7 Å². The Hall–Kier alpha value is -0.770. The van der Waals surface area contributed by atoms with E-state index < -0.39 is 17.8 Å². The second-order valence-corrected chi connectivity index (χ2v) is 4.12. The van der Waals surface area contributed by atoms with Crippen molar-refractivity contribution in [3.63, 3.8) is 0 Å². The van der Waals surface area contributed by atoms with Crippen molar-refractivity contribution in [3.8, 4) is 0 Å². The summed E-state index contributed by atoms with van der Waals surface area (Å²) >= 11 is 3.74. The lowest BCUT2D eigenvalue weighted by Gasteiger charge is -2.21. The summed E-state index contributed by atoms with van der Waals surface area (Å²) in [6, 6.07) is 0. The van der Waals surface area contributed by atoms with Crippen LogP contribution in [0.25, 0.3) is 0 Å². The Morgan fingerprint density at radius 2 is 1.77 bits per heavy atom. The van der Waals surface area contributed by atoms with Crippen molar-refractivity contribution in [2.45, 2.75) is 6.42 Å². The molecular formula is C9H10O3S. The van der Waals surface area contributed by atoms with Gasteiger partial charge >= 0.3 is 5.97 Å². The summed E-state index contributed by atoms with van der Waals surface area (Å²) in [4.78, 5) is 22.0. The van der Waals surface area contributed by atoms with Crippen molar-refractivity contribution in [3.05, 3.63) is 12.2 Å². The molecule has 0 amide bonds. The Morgan fingerprint density at radius 1 is 1.23 bits per heavy atom. The van der Waals surface area contributed by atoms with Gasteiger partial charge in [-0.15, -0.1) is 12.6 Å². The summed E-state index contributed by atoms with van der Waals surface area (Å²) in [6.07, 6.45) is 4.66. The minimum absolute atomic E-state index is 0.0450. The molecule has 0 aliphatic heterocycles. The third-order valence-electron chi connectivity index (χ3n) is 3.03. The molecule has 2 aliphatic carbocycles. The average Bonchev–Trinajstić information content (AvgIpc) is 2.60. The normalized spacial score (nSPS) is 41.0. The largest absolute Gasteiger partial charge is 0.481 e. The highest BCUT2D eigenvalue weighted by atomic mass is 32.1. The molecule has 70 valence electrons. The number of hydrogen-bond acceptors (Lipinski definition) is 2. The zero-order valence-corrected chi connectivity index (χ0v) is 7.78. The summed E-state index contributed by atoms with van der Waals surface area (Å²) in [5.74, 6) is -1.67. The maximum Gasteiger partial charge on any atom is 0.307 e. The Bertz CT molecular complexity index is 269. The van der Waals surface area contributed by atoms with Gasteiger partial charge in [0.15, 0.2) is 5.12 Å². The highest BCUT2D eigenvalue weighted by Gasteiger charge is 2.50. The first-order chi connectivity index (χ1) is 6.11. The molecule has 4 atom stereocenters. The van der Waals surface area contributed by atoms with Crippen molar-refractivity contribution < 1.29 is 14.7 Å². The molecule has 2 rings (SSSR count). The van der Waals surface area contributed by atoms with E-state index in [1.54, 1.807) is 0 Å². The summed E-state index contributed by atoms with van der Waals surface area (Å²) in [7, 11) is 0. The van der Waals surface area contributed by atoms with Crippen molar-refractivity contribution in [1.82, 2.24) is 0 Å². The number of aliphatic carboxylic acids is 1. The maximum atomic E-state index is 11.1. The Labute approximate surface area is 81.2 Å². The molecule has 1 saturated carbocycles. The zero-order valence-electron chi connectivity index (χ0n) is 6.88. The molecule has 0 unspecified atom stereocenters. The van der Waals surface area contributed by atoms with Crippen LogP contribution in [0.5, 0.6) is 0 Å². The number of rotatable bonds is 2. The lowest BCUT2D eigenvalue weighted by molar-refractivity contribution is -0.146. The molecule has 3 nitrogen and oxygen atoms in total. The fourth-order valence-electron chi connectivity index (χ4n) is 2.50. The number of fused-ring (bicyclic) bond motifs is 2. The molecule has 0 saturated heterocycles. The molecule has 0 spiro atoms. The SMILES string of the molecule is O=C(O)[C@@H]1[C@H](C(=O)S)[C@H]2C=C[C@H]1C2. The molecule has 0 aromatic carbocycles. The van der Waals surface area contributed by atoms with Crippen molar-refractivity contribution >= 4 is 23.7 Å². The minimum atomic E-state index is -0.871. The smallest absolute Gasteiger partial charge is 0.307 e. The van der Waals surface area contributed by atoms with Crippen LogP contribution < -0.4 is 0 Å². The second kappa shape index (κ2) is 2.87. The van der Waals surface area contributed by atoms with Crippen LogP contribution in [0.3, 0.4) is 0 Å². The monoisotopic (exact) mass is 198 g/mol. The molecule has 0 radical (unpaired) electrons. The maximum absolute atomic E-state index is 11.1. The lowest BCUT2D eigenvalue weighted by atomic mass is 9.84. The number of allylic oxidation sites excluding steroid dienone is 2. The van der Waals surface area contributed by atoms with Gasteiger partial charge in [-0.1, -0.05) is 12.2 Å². The number of carboxylic acids is 1. The van der Waals surface area contributed by atoms with E-state index in [2.05, 4.69) is 12.6 Å². The Morgan fingerprint density at radius 3 is 2.15 bits per heavy atom. The number of thiol groups is 1. The topological polar surface area (TPSA) is 54.4 Å². The van der Waals surface area contributed by atoms with Crippen LogP contribution >= 0.6 is 12.6 Å². The third-order valence-corrected chi connectivity index (χ3v) is 3.33. The molecule has 0 heterocycles.